The van der Waals surface area contributed by atoms with Crippen molar-refractivity contribution < 1.29 is 9.59 Å². The number of ketones is 2. The van der Waals surface area contributed by atoms with Crippen LogP contribution in [-0.2, 0) is 9.59 Å². The Morgan fingerprint density at radius 2 is 1.39 bits per heavy atom. The van der Waals surface area contributed by atoms with Crippen molar-refractivity contribution in [1.82, 2.24) is 0 Å². The van der Waals surface area contributed by atoms with Crippen LogP contribution in [0.2, 0.25) is 0 Å². The molecule has 0 heterocycles. The van der Waals surface area contributed by atoms with Gasteiger partial charge in [-0.2, -0.15) is 0 Å². The minimum absolute atomic E-state index is 0.0684. The smallest absolute Gasteiger partial charge is 0.181 e. The Kier molecular flexibility index (Phi) is 8.85. The Labute approximate surface area is 172 Å². The van der Waals surface area contributed by atoms with Crippen LogP contribution >= 0.6 is 0 Å². The number of carbonyl (C=O) groups is 2. The van der Waals surface area contributed by atoms with Crippen LogP contribution in [0.4, 0.5) is 0 Å². The first-order chi connectivity index (χ1) is 12.9. The Bertz CT molecular complexity index is 709. The second kappa shape index (κ2) is 10.2. The van der Waals surface area contributed by atoms with Gasteiger partial charge in [0.2, 0.25) is 0 Å². The predicted octanol–water partition coefficient (Wildman–Crippen LogP) is 7.32. The van der Waals surface area contributed by atoms with Crippen LogP contribution in [-0.4, -0.2) is 11.6 Å². The molecule has 28 heavy (non-hydrogen) atoms. The van der Waals surface area contributed by atoms with E-state index in [1.807, 2.05) is 19.1 Å². The van der Waals surface area contributed by atoms with E-state index in [-0.39, 0.29) is 22.4 Å². The molecule has 0 amide bonds. The summed E-state index contributed by atoms with van der Waals surface area (Å²) in [4.78, 5) is 22.8. The zero-order valence-corrected chi connectivity index (χ0v) is 19.4. The Morgan fingerprint density at radius 1 is 0.857 bits per heavy atom. The van der Waals surface area contributed by atoms with Crippen molar-refractivity contribution >= 4 is 11.6 Å². The number of hydrogen-bond donors (Lipinski definition) is 0. The zero-order valence-electron chi connectivity index (χ0n) is 19.4. The molecule has 0 bridgehead atoms. The van der Waals surface area contributed by atoms with Crippen LogP contribution in [0.25, 0.3) is 0 Å². The van der Waals surface area contributed by atoms with E-state index in [0.717, 1.165) is 18.4 Å². The summed E-state index contributed by atoms with van der Waals surface area (Å²) >= 11 is 0. The van der Waals surface area contributed by atoms with Gasteiger partial charge in [-0.15, -0.1) is 0 Å². The highest BCUT2D eigenvalue weighted by atomic mass is 16.1. The molecule has 2 nitrogen and oxygen atoms in total. The average Bonchev–Trinajstić information content (AvgIpc) is 2.53. The first-order valence-electron chi connectivity index (χ1n) is 10.7. The molecule has 0 aromatic heterocycles. The molecule has 0 N–H and O–H groups in total. The third kappa shape index (κ3) is 6.72. The van der Waals surface area contributed by atoms with Gasteiger partial charge in [0.1, 0.15) is 0 Å². The van der Waals surface area contributed by atoms with Crippen LogP contribution in [0, 0.1) is 10.8 Å². The van der Waals surface area contributed by atoms with E-state index in [1.165, 1.54) is 42.4 Å². The maximum absolute atomic E-state index is 11.9. The maximum Gasteiger partial charge on any atom is 0.181 e. The molecule has 0 fully saturated rings. The standard InChI is InChI=1S/2C13H20O/c1-10-6-5-9-13(3,4)12(10)8-7-11(2)14;1-5-7-11(14)12-10(2)8-6-9-13(12,3)4/h7-8H,5-6,9H2,1-4H3;5,7H,6,8-9H2,1-4H3/b8-7+;7-5+. The molecule has 0 saturated heterocycles. The van der Waals surface area contributed by atoms with Crippen molar-refractivity contribution in [2.45, 2.75) is 93.9 Å². The van der Waals surface area contributed by atoms with E-state index >= 15 is 0 Å². The monoisotopic (exact) mass is 384 g/mol. The summed E-state index contributed by atoms with van der Waals surface area (Å²) in [6.45, 7) is 16.6. The van der Waals surface area contributed by atoms with Gasteiger partial charge in [0.05, 0.1) is 0 Å². The van der Waals surface area contributed by atoms with E-state index < -0.39 is 0 Å². The van der Waals surface area contributed by atoms with Crippen LogP contribution in [0.3, 0.4) is 0 Å². The summed E-state index contributed by atoms with van der Waals surface area (Å²) in [7, 11) is 0. The van der Waals surface area contributed by atoms with E-state index in [9.17, 15) is 9.59 Å². The Hall–Kier alpha value is -1.70. The fraction of sp³-hybridized carbons (Fsp3) is 0.615. The van der Waals surface area contributed by atoms with Crippen LogP contribution in [0.1, 0.15) is 93.9 Å². The molecular weight excluding hydrogens is 344 g/mol. The average molecular weight is 385 g/mol. The SMILES string of the molecule is C/C=C/C(=O)C1=C(C)CCCC1(C)C.CC(=O)/C=C/C1=C(C)CCCC1(C)C. The van der Waals surface area contributed by atoms with Gasteiger partial charge in [-0.05, 0) is 94.8 Å². The molecule has 0 radical (unpaired) electrons. The van der Waals surface area contributed by atoms with Crippen molar-refractivity contribution in [1.29, 1.82) is 0 Å². The van der Waals surface area contributed by atoms with Crippen molar-refractivity contribution in [2.24, 2.45) is 10.8 Å². The third-order valence-electron chi connectivity index (χ3n) is 6.05. The summed E-state index contributed by atoms with van der Waals surface area (Å²) < 4.78 is 0. The molecule has 156 valence electrons. The molecule has 0 aliphatic heterocycles. The first-order valence-corrected chi connectivity index (χ1v) is 10.7. The lowest BCUT2D eigenvalue weighted by Gasteiger charge is -2.32. The Morgan fingerprint density at radius 3 is 1.86 bits per heavy atom. The van der Waals surface area contributed by atoms with Gasteiger partial charge in [0.25, 0.3) is 0 Å². The molecule has 0 atom stereocenters. The van der Waals surface area contributed by atoms with Crippen molar-refractivity contribution in [2.75, 3.05) is 0 Å². The molecular formula is C26H40O2. The number of allylic oxidation sites excluding steroid dienone is 8. The lowest BCUT2D eigenvalue weighted by molar-refractivity contribution is -0.113. The molecule has 0 aromatic carbocycles. The van der Waals surface area contributed by atoms with E-state index in [0.29, 0.717) is 0 Å². The Balaban J connectivity index is 0.000000280. The molecule has 0 unspecified atom stereocenters. The number of carbonyl (C=O) groups excluding carboxylic acids is 2. The summed E-state index contributed by atoms with van der Waals surface area (Å²) in [5, 5.41) is 0. The van der Waals surface area contributed by atoms with Gasteiger partial charge in [0.15, 0.2) is 11.6 Å². The summed E-state index contributed by atoms with van der Waals surface area (Å²) in [5.74, 6) is 0.335. The molecule has 2 heteroatoms. The minimum atomic E-state index is 0.0684. The highest BCUT2D eigenvalue weighted by Gasteiger charge is 2.31. The minimum Gasteiger partial charge on any atom is -0.295 e. The van der Waals surface area contributed by atoms with Gasteiger partial charge in [-0.3, -0.25) is 9.59 Å². The molecule has 0 saturated carbocycles. The summed E-state index contributed by atoms with van der Waals surface area (Å²) in [5.41, 5.74) is 5.44. The van der Waals surface area contributed by atoms with Crippen molar-refractivity contribution in [3.63, 3.8) is 0 Å². The van der Waals surface area contributed by atoms with E-state index in [1.54, 1.807) is 19.1 Å². The van der Waals surface area contributed by atoms with Crippen LogP contribution < -0.4 is 0 Å². The van der Waals surface area contributed by atoms with Gasteiger partial charge in [-0.25, -0.2) is 0 Å². The molecule has 2 rings (SSSR count). The summed E-state index contributed by atoms with van der Waals surface area (Å²) in [6, 6.07) is 0. The number of hydrogen-bond acceptors (Lipinski definition) is 2. The molecule has 0 spiro atoms. The first kappa shape index (κ1) is 24.3. The summed E-state index contributed by atoms with van der Waals surface area (Å²) in [6.07, 6.45) is 14.3. The molecule has 2 aliphatic carbocycles. The fourth-order valence-electron chi connectivity index (χ4n) is 4.61. The second-order valence-electron chi connectivity index (χ2n) is 9.63. The van der Waals surface area contributed by atoms with Gasteiger partial charge >= 0.3 is 0 Å². The van der Waals surface area contributed by atoms with Crippen molar-refractivity contribution in [3.05, 3.63) is 46.6 Å². The third-order valence-corrected chi connectivity index (χ3v) is 6.05. The van der Waals surface area contributed by atoms with E-state index in [2.05, 4.69) is 41.5 Å². The van der Waals surface area contributed by atoms with Crippen molar-refractivity contribution in [3.8, 4) is 0 Å². The van der Waals surface area contributed by atoms with Gasteiger partial charge in [0, 0.05) is 5.57 Å². The lowest BCUT2D eigenvalue weighted by atomic mass is 9.71. The van der Waals surface area contributed by atoms with Crippen LogP contribution in [0.5, 0.6) is 0 Å². The predicted molar refractivity (Wildman–Crippen MR) is 120 cm³/mol. The van der Waals surface area contributed by atoms with Gasteiger partial charge < -0.3 is 0 Å². The highest BCUT2D eigenvalue weighted by molar-refractivity contribution is 6.05. The second-order valence-corrected chi connectivity index (χ2v) is 9.63. The van der Waals surface area contributed by atoms with Gasteiger partial charge in [-0.1, -0.05) is 51.0 Å². The zero-order chi connectivity index (χ0) is 21.5. The fourth-order valence-corrected chi connectivity index (χ4v) is 4.61. The quantitative estimate of drug-likeness (QED) is 0.476. The lowest BCUT2D eigenvalue weighted by Crippen LogP contribution is -2.25. The maximum atomic E-state index is 11.9. The number of rotatable bonds is 4. The topological polar surface area (TPSA) is 34.1 Å². The molecule has 0 aromatic rings. The van der Waals surface area contributed by atoms with Crippen LogP contribution in [0.15, 0.2) is 46.6 Å². The molecule has 2 aliphatic rings. The highest BCUT2D eigenvalue weighted by Crippen LogP contribution is 2.41. The largest absolute Gasteiger partial charge is 0.295 e. The normalized spacial score (nSPS) is 21.7. The van der Waals surface area contributed by atoms with E-state index in [4.69, 9.17) is 0 Å².